The number of benzene rings is 1. The maximum absolute atomic E-state index is 15.3. The molecule has 4 aromatic heterocycles. The van der Waals surface area contributed by atoms with E-state index in [0.717, 1.165) is 0 Å². The number of piperazine rings is 1. The van der Waals surface area contributed by atoms with E-state index in [4.69, 9.17) is 21.3 Å². The molecule has 0 saturated carbocycles. The third-order valence-electron chi connectivity index (χ3n) is 6.34. The second kappa shape index (κ2) is 10.1. The van der Waals surface area contributed by atoms with E-state index in [1.54, 1.807) is 33.8 Å². The fourth-order valence-corrected chi connectivity index (χ4v) is 4.51. The molecule has 0 aliphatic carbocycles. The van der Waals surface area contributed by atoms with Gasteiger partial charge in [0.15, 0.2) is 17.3 Å². The highest BCUT2D eigenvalue weighted by atomic mass is 35.5. The molecule has 0 unspecified atom stereocenters. The molecular weight excluding hydrogens is 525 g/mol. The molecule has 1 saturated heterocycles. The van der Waals surface area contributed by atoms with E-state index in [1.807, 2.05) is 12.1 Å². The number of pyridine rings is 2. The van der Waals surface area contributed by atoms with Crippen molar-refractivity contribution >= 4 is 51.5 Å². The summed E-state index contributed by atoms with van der Waals surface area (Å²) in [6.45, 7) is 5.90. The summed E-state index contributed by atoms with van der Waals surface area (Å²) in [7, 11) is 0. The van der Waals surface area contributed by atoms with Crippen LogP contribution in [0.1, 0.15) is 0 Å². The molecule has 5 aromatic rings. The van der Waals surface area contributed by atoms with Crippen molar-refractivity contribution < 1.29 is 13.9 Å². The smallest absolute Gasteiger partial charge is 0.246 e. The van der Waals surface area contributed by atoms with Gasteiger partial charge in [0.05, 0.1) is 11.2 Å². The van der Waals surface area contributed by atoms with Crippen molar-refractivity contribution in [3.8, 4) is 11.5 Å². The standard InChI is InChI=1S/C26H21ClFN9O2/c1-2-22(38)36-11-9-35(10-12-36)20-6-4-18-25(34-20)26(31-14-29-18)33-17-3-5-19(23(27)24(17)28)39-16-7-8-37-21(13-16)30-15-32-37/h2-8,13-15H,1,9-12H2,(H,29,31,33). The number of aromatic nitrogens is 6. The van der Waals surface area contributed by atoms with Crippen LogP contribution in [0.4, 0.5) is 21.7 Å². The summed E-state index contributed by atoms with van der Waals surface area (Å²) < 4.78 is 22.7. The monoisotopic (exact) mass is 545 g/mol. The van der Waals surface area contributed by atoms with Crippen LogP contribution in [0.5, 0.6) is 11.5 Å². The molecule has 196 valence electrons. The lowest BCUT2D eigenvalue weighted by molar-refractivity contribution is -0.126. The van der Waals surface area contributed by atoms with Crippen molar-refractivity contribution in [2.24, 2.45) is 0 Å². The molecule has 1 aliphatic rings. The van der Waals surface area contributed by atoms with Gasteiger partial charge in [0.25, 0.3) is 0 Å². The van der Waals surface area contributed by atoms with Gasteiger partial charge in [-0.25, -0.2) is 28.8 Å². The summed E-state index contributed by atoms with van der Waals surface area (Å²) in [5, 5.41) is 6.84. The first kappa shape index (κ1) is 24.5. The average molecular weight is 546 g/mol. The lowest BCUT2D eigenvalue weighted by atomic mass is 10.2. The molecule has 0 atom stereocenters. The second-order valence-corrected chi connectivity index (χ2v) is 9.05. The Bertz CT molecular complexity index is 1720. The Kier molecular flexibility index (Phi) is 6.37. The zero-order valence-corrected chi connectivity index (χ0v) is 21.2. The van der Waals surface area contributed by atoms with E-state index in [9.17, 15) is 4.79 Å². The third kappa shape index (κ3) is 4.77. The number of amides is 1. The Morgan fingerprint density at radius 3 is 2.74 bits per heavy atom. The lowest BCUT2D eigenvalue weighted by Gasteiger charge is -2.35. The Hall–Kier alpha value is -4.84. The summed E-state index contributed by atoms with van der Waals surface area (Å²) in [5.41, 5.74) is 1.74. The molecule has 39 heavy (non-hydrogen) atoms. The maximum Gasteiger partial charge on any atom is 0.246 e. The largest absolute Gasteiger partial charge is 0.455 e. The van der Waals surface area contributed by atoms with Crippen LogP contribution in [-0.2, 0) is 4.79 Å². The van der Waals surface area contributed by atoms with Gasteiger partial charge in [0.1, 0.15) is 40.5 Å². The number of rotatable bonds is 6. The minimum atomic E-state index is -0.705. The van der Waals surface area contributed by atoms with Gasteiger partial charge in [-0.3, -0.25) is 4.79 Å². The first-order valence-electron chi connectivity index (χ1n) is 12.0. The van der Waals surface area contributed by atoms with Crippen molar-refractivity contribution in [1.29, 1.82) is 0 Å². The van der Waals surface area contributed by atoms with Gasteiger partial charge in [-0.05, 0) is 36.4 Å². The molecule has 1 amide bonds. The average Bonchev–Trinajstić information content (AvgIpc) is 3.44. The molecule has 13 heteroatoms. The van der Waals surface area contributed by atoms with Crippen molar-refractivity contribution in [2.75, 3.05) is 36.4 Å². The normalized spacial score (nSPS) is 13.6. The highest BCUT2D eigenvalue weighted by Crippen LogP contribution is 2.36. The van der Waals surface area contributed by atoms with E-state index in [1.165, 1.54) is 24.8 Å². The number of halogens is 2. The van der Waals surface area contributed by atoms with Gasteiger partial charge in [-0.15, -0.1) is 0 Å². The highest BCUT2D eigenvalue weighted by Gasteiger charge is 2.21. The Balaban J connectivity index is 1.24. The van der Waals surface area contributed by atoms with E-state index >= 15 is 4.39 Å². The third-order valence-corrected chi connectivity index (χ3v) is 6.69. The second-order valence-electron chi connectivity index (χ2n) is 8.67. The molecule has 1 fully saturated rings. The Labute approximate surface area is 226 Å². The summed E-state index contributed by atoms with van der Waals surface area (Å²) in [6, 6.07) is 10.1. The molecule has 6 rings (SSSR count). The number of nitrogens with one attached hydrogen (secondary N) is 1. The summed E-state index contributed by atoms with van der Waals surface area (Å²) in [4.78, 5) is 33.2. The predicted octanol–water partition coefficient (Wildman–Crippen LogP) is 4.23. The minimum absolute atomic E-state index is 0.0884. The van der Waals surface area contributed by atoms with Crippen molar-refractivity contribution in [1.82, 2.24) is 34.4 Å². The van der Waals surface area contributed by atoms with Crippen LogP contribution in [0.3, 0.4) is 0 Å². The summed E-state index contributed by atoms with van der Waals surface area (Å²) >= 11 is 6.34. The van der Waals surface area contributed by atoms with Crippen molar-refractivity contribution in [3.05, 3.63) is 78.7 Å². The number of nitrogens with zero attached hydrogens (tertiary/aromatic N) is 8. The highest BCUT2D eigenvalue weighted by molar-refractivity contribution is 6.32. The zero-order valence-electron chi connectivity index (χ0n) is 20.5. The number of fused-ring (bicyclic) bond motifs is 2. The summed E-state index contributed by atoms with van der Waals surface area (Å²) in [5.74, 6) is 0.815. The van der Waals surface area contributed by atoms with Crippen LogP contribution in [-0.4, -0.2) is 66.5 Å². The number of hydrogen-bond acceptors (Lipinski definition) is 9. The van der Waals surface area contributed by atoms with Crippen LogP contribution in [0, 0.1) is 5.82 Å². The number of carbonyl (C=O) groups excluding carboxylic acids is 1. The van der Waals surface area contributed by atoms with Crippen molar-refractivity contribution in [3.63, 3.8) is 0 Å². The van der Waals surface area contributed by atoms with E-state index < -0.39 is 5.82 Å². The van der Waals surface area contributed by atoms with E-state index in [-0.39, 0.29) is 22.4 Å². The fraction of sp³-hybridized carbons (Fsp3) is 0.154. The Morgan fingerprint density at radius 2 is 1.92 bits per heavy atom. The van der Waals surface area contributed by atoms with Gasteiger partial charge in [-0.2, -0.15) is 5.10 Å². The van der Waals surface area contributed by atoms with E-state index in [0.29, 0.717) is 60.2 Å². The molecule has 1 aliphatic heterocycles. The first-order chi connectivity index (χ1) is 19.0. The fourth-order valence-electron chi connectivity index (χ4n) is 4.30. The lowest BCUT2D eigenvalue weighted by Crippen LogP contribution is -2.48. The van der Waals surface area contributed by atoms with Gasteiger partial charge < -0.3 is 19.9 Å². The van der Waals surface area contributed by atoms with Gasteiger partial charge in [0.2, 0.25) is 5.91 Å². The molecule has 0 bridgehead atoms. The quantitative estimate of drug-likeness (QED) is 0.313. The molecule has 1 aromatic carbocycles. The number of hydrogen-bond donors (Lipinski definition) is 1. The SMILES string of the molecule is C=CC(=O)N1CCN(c2ccc3ncnc(Nc4ccc(Oc5ccn6ncnc6c5)c(Cl)c4F)c3n2)CC1. The van der Waals surface area contributed by atoms with Crippen molar-refractivity contribution in [2.45, 2.75) is 0 Å². The molecular formula is C26H21ClFN9O2. The maximum atomic E-state index is 15.3. The number of ether oxygens (including phenoxy) is 1. The molecule has 11 nitrogen and oxygen atoms in total. The summed E-state index contributed by atoms with van der Waals surface area (Å²) in [6.07, 6.45) is 5.80. The van der Waals surface area contributed by atoms with Gasteiger partial charge >= 0.3 is 0 Å². The van der Waals surface area contributed by atoms with Gasteiger partial charge in [0, 0.05) is 38.4 Å². The van der Waals surface area contributed by atoms with Crippen LogP contribution >= 0.6 is 11.6 Å². The minimum Gasteiger partial charge on any atom is -0.455 e. The molecule has 0 spiro atoms. The Morgan fingerprint density at radius 1 is 1.08 bits per heavy atom. The molecule has 1 N–H and O–H groups in total. The molecule has 5 heterocycles. The topological polar surface area (TPSA) is 114 Å². The number of anilines is 3. The van der Waals surface area contributed by atoms with Crippen LogP contribution in [0.15, 0.2) is 67.9 Å². The zero-order chi connectivity index (χ0) is 26.9. The van der Waals surface area contributed by atoms with Gasteiger partial charge in [-0.1, -0.05) is 18.2 Å². The van der Waals surface area contributed by atoms with Crippen LogP contribution < -0.4 is 15.0 Å². The van der Waals surface area contributed by atoms with E-state index in [2.05, 4.69) is 36.8 Å². The molecule has 0 radical (unpaired) electrons. The first-order valence-corrected chi connectivity index (χ1v) is 12.4. The predicted molar refractivity (Wildman–Crippen MR) is 144 cm³/mol. The number of carbonyl (C=O) groups is 1. The van der Waals surface area contributed by atoms with Crippen LogP contribution in [0.25, 0.3) is 16.7 Å². The van der Waals surface area contributed by atoms with Crippen LogP contribution in [0.2, 0.25) is 5.02 Å².